The summed E-state index contributed by atoms with van der Waals surface area (Å²) in [5.41, 5.74) is 6.69. The number of nitro groups is 1. The zero-order chi connectivity index (χ0) is 23.6. The lowest BCUT2D eigenvalue weighted by atomic mass is 10.1. The molecule has 4 aromatic rings. The predicted molar refractivity (Wildman–Crippen MR) is 118 cm³/mol. The number of nitrogens with zero attached hydrogens (tertiary/aromatic N) is 2. The highest BCUT2D eigenvalue weighted by Crippen LogP contribution is 2.38. The Labute approximate surface area is 181 Å². The van der Waals surface area contributed by atoms with E-state index < -0.39 is 27.7 Å². The van der Waals surface area contributed by atoms with E-state index in [9.17, 15) is 25.1 Å². The van der Waals surface area contributed by atoms with Crippen molar-refractivity contribution in [1.29, 1.82) is 0 Å². The van der Waals surface area contributed by atoms with Gasteiger partial charge in [-0.3, -0.25) is 10.1 Å². The van der Waals surface area contributed by atoms with Crippen LogP contribution in [0.4, 0.5) is 11.4 Å². The van der Waals surface area contributed by atoms with E-state index in [0.29, 0.717) is 11.2 Å². The number of nitro benzene ring substituents is 1. The molecular weight excluding hydrogens is 418 g/mol. The lowest BCUT2D eigenvalue weighted by Gasteiger charge is -2.05. The maximum atomic E-state index is 12.1. The molecule has 0 atom stereocenters. The van der Waals surface area contributed by atoms with Crippen molar-refractivity contribution in [2.24, 2.45) is 0 Å². The van der Waals surface area contributed by atoms with Crippen LogP contribution >= 0.6 is 0 Å². The lowest BCUT2D eigenvalue weighted by Crippen LogP contribution is -2.06. The molecule has 164 valence electrons. The van der Waals surface area contributed by atoms with Gasteiger partial charge in [0.25, 0.3) is 0 Å². The number of hydrogen-bond acceptors (Lipinski definition) is 9. The van der Waals surface area contributed by atoms with E-state index in [1.807, 2.05) is 19.9 Å². The van der Waals surface area contributed by atoms with Gasteiger partial charge in [-0.2, -0.15) is 0 Å². The van der Waals surface area contributed by atoms with Gasteiger partial charge < -0.3 is 25.5 Å². The molecule has 0 saturated heterocycles. The Morgan fingerprint density at radius 2 is 1.62 bits per heavy atom. The van der Waals surface area contributed by atoms with Gasteiger partial charge in [-0.05, 0) is 55.3 Å². The minimum atomic E-state index is -0.875. The fourth-order valence-corrected chi connectivity index (χ4v) is 2.85. The van der Waals surface area contributed by atoms with Crippen molar-refractivity contribution in [2.45, 2.75) is 13.8 Å². The van der Waals surface area contributed by atoms with Crippen LogP contribution in [-0.4, -0.2) is 25.2 Å². The fourth-order valence-electron chi connectivity index (χ4n) is 2.85. The number of aryl methyl sites for hydroxylation is 2. The summed E-state index contributed by atoms with van der Waals surface area (Å²) < 4.78 is 5.14. The molecule has 10 heteroatoms. The molecule has 32 heavy (non-hydrogen) atoms. The van der Waals surface area contributed by atoms with E-state index in [-0.39, 0.29) is 22.6 Å². The van der Waals surface area contributed by atoms with Crippen molar-refractivity contribution >= 4 is 22.5 Å². The summed E-state index contributed by atoms with van der Waals surface area (Å²) in [6.45, 7) is 3.76. The maximum absolute atomic E-state index is 12.1. The molecule has 0 radical (unpaired) electrons. The molecule has 0 amide bonds. The van der Waals surface area contributed by atoms with Crippen molar-refractivity contribution in [2.75, 3.05) is 5.73 Å². The third-order valence-electron chi connectivity index (χ3n) is 4.47. The number of rotatable bonds is 2. The average Bonchev–Trinajstić information content (AvgIpc) is 2.73. The Morgan fingerprint density at radius 3 is 2.25 bits per heavy atom. The smallest absolute Gasteiger partial charge is 0.363 e. The average molecular weight is 437 g/mol. The van der Waals surface area contributed by atoms with E-state index in [1.165, 1.54) is 0 Å². The second kappa shape index (κ2) is 8.64. The number of aromatic hydroxyl groups is 3. The van der Waals surface area contributed by atoms with Gasteiger partial charge in [-0.25, -0.2) is 9.78 Å². The Bertz CT molecular complexity index is 1400. The molecule has 10 nitrogen and oxygen atoms in total. The highest BCUT2D eigenvalue weighted by molar-refractivity contribution is 5.77. The Hall–Kier alpha value is -4.60. The van der Waals surface area contributed by atoms with Crippen LogP contribution in [0.5, 0.6) is 17.2 Å². The summed E-state index contributed by atoms with van der Waals surface area (Å²) in [5, 5.41) is 39.0. The van der Waals surface area contributed by atoms with Gasteiger partial charge in [0.15, 0.2) is 17.0 Å². The Kier molecular flexibility index (Phi) is 5.97. The number of anilines is 1. The maximum Gasteiger partial charge on any atom is 0.363 e. The van der Waals surface area contributed by atoms with Gasteiger partial charge in [-0.1, -0.05) is 12.1 Å². The van der Waals surface area contributed by atoms with E-state index in [0.717, 1.165) is 23.3 Å². The number of benzene rings is 3. The zero-order valence-electron chi connectivity index (χ0n) is 17.1. The van der Waals surface area contributed by atoms with Crippen LogP contribution in [0.25, 0.3) is 22.4 Å². The number of phenols is 3. The second-order valence-corrected chi connectivity index (χ2v) is 7.00. The molecule has 1 heterocycles. The molecule has 0 unspecified atom stereocenters. The van der Waals surface area contributed by atoms with E-state index in [4.69, 9.17) is 15.3 Å². The van der Waals surface area contributed by atoms with Crippen LogP contribution in [0.3, 0.4) is 0 Å². The van der Waals surface area contributed by atoms with Crippen molar-refractivity contribution in [3.8, 4) is 28.5 Å². The molecule has 5 N–H and O–H groups in total. The molecule has 0 bridgehead atoms. The van der Waals surface area contributed by atoms with Crippen LogP contribution in [0.15, 0.2) is 57.7 Å². The van der Waals surface area contributed by atoms with Gasteiger partial charge in [0.2, 0.25) is 5.75 Å². The second-order valence-electron chi connectivity index (χ2n) is 7.00. The summed E-state index contributed by atoms with van der Waals surface area (Å²) in [4.78, 5) is 26.3. The van der Waals surface area contributed by atoms with Gasteiger partial charge >= 0.3 is 11.3 Å². The van der Waals surface area contributed by atoms with Gasteiger partial charge in [0, 0.05) is 11.6 Å². The van der Waals surface area contributed by atoms with Crippen molar-refractivity contribution in [3.05, 3.63) is 80.2 Å². The van der Waals surface area contributed by atoms with Crippen LogP contribution in [0.2, 0.25) is 0 Å². The van der Waals surface area contributed by atoms with Crippen molar-refractivity contribution in [1.82, 2.24) is 4.98 Å². The minimum Gasteiger partial charge on any atom is -0.506 e. The largest absolute Gasteiger partial charge is 0.506 e. The monoisotopic (exact) mass is 437 g/mol. The first-order valence-corrected chi connectivity index (χ1v) is 9.24. The Balaban J connectivity index is 0.000000269. The third kappa shape index (κ3) is 4.59. The standard InChI is InChI=1S/C15H10N2O6.C7H9NO/c1-7-2-3-12-9(4-7)16-13(15(20)23-12)8-5-10(17(21)22)14(19)11(18)6-8;1-5-2-3-7(9)6(8)4-5/h2-6,18-19H,1H3;2-4,9H,8H2,1H3. The highest BCUT2D eigenvalue weighted by atomic mass is 16.6. The number of nitrogen functional groups attached to an aromatic ring is 1. The molecule has 1 aromatic heterocycles. The van der Waals surface area contributed by atoms with Gasteiger partial charge in [0.1, 0.15) is 11.3 Å². The van der Waals surface area contributed by atoms with Crippen LogP contribution in [0.1, 0.15) is 11.1 Å². The summed E-state index contributed by atoms with van der Waals surface area (Å²) in [5.74, 6) is -1.44. The zero-order valence-corrected chi connectivity index (χ0v) is 17.1. The van der Waals surface area contributed by atoms with Crippen LogP contribution in [0, 0.1) is 24.0 Å². The summed E-state index contributed by atoms with van der Waals surface area (Å²) in [6.07, 6.45) is 0. The van der Waals surface area contributed by atoms with Gasteiger partial charge in [-0.15, -0.1) is 0 Å². The molecule has 0 aliphatic heterocycles. The minimum absolute atomic E-state index is 0.0239. The number of phenolic OH excluding ortho intramolecular Hbond substituents is 3. The highest BCUT2D eigenvalue weighted by Gasteiger charge is 2.22. The van der Waals surface area contributed by atoms with E-state index >= 15 is 0 Å². The Morgan fingerprint density at radius 1 is 0.969 bits per heavy atom. The molecular formula is C22H19N3O7. The van der Waals surface area contributed by atoms with Crippen molar-refractivity contribution in [3.63, 3.8) is 0 Å². The third-order valence-corrected chi connectivity index (χ3v) is 4.47. The number of aromatic nitrogens is 1. The van der Waals surface area contributed by atoms with Crippen LogP contribution < -0.4 is 11.4 Å². The normalized spacial score (nSPS) is 10.4. The first-order chi connectivity index (χ1) is 15.1. The SMILES string of the molecule is Cc1ccc(O)c(N)c1.Cc1ccc2oc(=O)c(-c3cc(O)c(O)c([N+](=O)[O-])c3)nc2c1. The molecule has 0 saturated carbocycles. The summed E-state index contributed by atoms with van der Waals surface area (Å²) >= 11 is 0. The molecule has 0 aliphatic rings. The molecule has 3 aromatic carbocycles. The van der Waals surface area contributed by atoms with E-state index in [2.05, 4.69) is 4.98 Å². The topological polar surface area (TPSA) is 173 Å². The molecule has 0 aliphatic carbocycles. The molecule has 0 fully saturated rings. The molecule has 0 spiro atoms. The predicted octanol–water partition coefficient (Wildman–Crippen LogP) is 3.77. The number of hydrogen-bond donors (Lipinski definition) is 4. The quantitative estimate of drug-likeness (QED) is 0.157. The first-order valence-electron chi connectivity index (χ1n) is 9.24. The lowest BCUT2D eigenvalue weighted by molar-refractivity contribution is -0.385. The molecule has 4 rings (SSSR count). The number of fused-ring (bicyclic) bond motifs is 1. The van der Waals surface area contributed by atoms with Crippen LogP contribution in [-0.2, 0) is 0 Å². The summed E-state index contributed by atoms with van der Waals surface area (Å²) in [7, 11) is 0. The first kappa shape index (κ1) is 22.1. The van der Waals surface area contributed by atoms with Crippen molar-refractivity contribution < 1.29 is 24.7 Å². The fraction of sp³-hybridized carbons (Fsp3) is 0.0909. The number of nitrogens with two attached hydrogens (primary N) is 1. The van der Waals surface area contributed by atoms with E-state index in [1.54, 1.807) is 30.3 Å². The summed E-state index contributed by atoms with van der Waals surface area (Å²) in [6, 6.07) is 12.1. The van der Waals surface area contributed by atoms with Gasteiger partial charge in [0.05, 0.1) is 10.6 Å².